The molecule has 0 aliphatic carbocycles. The summed E-state index contributed by atoms with van der Waals surface area (Å²) in [5, 5.41) is 45.0. The maximum absolute atomic E-state index is 9.24. The van der Waals surface area contributed by atoms with Crippen molar-refractivity contribution in [1.29, 1.82) is 0 Å². The molecule has 1 aliphatic rings. The van der Waals surface area contributed by atoms with Gasteiger partial charge >= 0.3 is 0 Å². The Labute approximate surface area is 68.6 Å². The van der Waals surface area contributed by atoms with Crippen molar-refractivity contribution in [3.63, 3.8) is 0 Å². The predicted octanol–water partition coefficient (Wildman–Crippen LogP) is -3.22. The molecule has 1 aliphatic heterocycles. The fourth-order valence-corrected chi connectivity index (χ4v) is 1.03. The van der Waals surface area contributed by atoms with Crippen LogP contribution in [-0.2, 0) is 4.74 Å². The molecule has 72 valence electrons. The van der Waals surface area contributed by atoms with E-state index in [1.165, 1.54) is 0 Å². The van der Waals surface area contributed by atoms with Crippen LogP contribution in [0.5, 0.6) is 0 Å². The summed E-state index contributed by atoms with van der Waals surface area (Å²) < 4.78 is 4.56. The van der Waals surface area contributed by atoms with E-state index >= 15 is 0 Å². The first kappa shape index (κ1) is 9.85. The van der Waals surface area contributed by atoms with Crippen molar-refractivity contribution in [1.82, 2.24) is 0 Å². The fourth-order valence-electron chi connectivity index (χ4n) is 1.03. The third-order valence-corrected chi connectivity index (χ3v) is 1.91. The van der Waals surface area contributed by atoms with Crippen molar-refractivity contribution >= 4 is 0 Å². The van der Waals surface area contributed by atoms with Gasteiger partial charge in [0, 0.05) is 0 Å². The monoisotopic (exact) mass is 180 g/mol. The highest BCUT2D eigenvalue weighted by Crippen LogP contribution is 2.22. The molecule has 1 saturated heterocycles. The zero-order valence-corrected chi connectivity index (χ0v) is 6.29. The molecule has 1 fully saturated rings. The number of aliphatic hydroxyl groups is 5. The van der Waals surface area contributed by atoms with Crippen molar-refractivity contribution in [2.75, 3.05) is 13.2 Å². The average Bonchev–Trinajstić information content (AvgIpc) is 2.09. The van der Waals surface area contributed by atoms with Gasteiger partial charge in [-0.3, -0.25) is 0 Å². The minimum atomic E-state index is -2.17. The molecule has 0 aromatic carbocycles. The zero-order chi connectivity index (χ0) is 9.35. The van der Waals surface area contributed by atoms with E-state index in [1.807, 2.05) is 0 Å². The maximum Gasteiger partial charge on any atom is 0.218 e. The summed E-state index contributed by atoms with van der Waals surface area (Å²) in [5.74, 6) is -2.17. The van der Waals surface area contributed by atoms with E-state index in [0.29, 0.717) is 0 Å². The summed E-state index contributed by atoms with van der Waals surface area (Å²) in [6.45, 7) is -1.16. The molecule has 0 aromatic heterocycles. The van der Waals surface area contributed by atoms with E-state index in [9.17, 15) is 5.11 Å². The lowest BCUT2D eigenvalue weighted by Crippen LogP contribution is -2.62. The van der Waals surface area contributed by atoms with E-state index in [4.69, 9.17) is 20.4 Å². The van der Waals surface area contributed by atoms with Gasteiger partial charge in [-0.15, -0.1) is 0 Å². The Bertz CT molecular complexity index is 162. The van der Waals surface area contributed by atoms with E-state index in [2.05, 4.69) is 4.74 Å². The van der Waals surface area contributed by atoms with Crippen molar-refractivity contribution in [3.8, 4) is 0 Å². The second-order valence-electron chi connectivity index (χ2n) is 2.82. The molecule has 0 bridgehead atoms. The van der Waals surface area contributed by atoms with Gasteiger partial charge in [-0.25, -0.2) is 0 Å². The molecular weight excluding hydrogens is 168 g/mol. The molecule has 0 spiro atoms. The molecular formula is C6H12O6. The highest BCUT2D eigenvalue weighted by atomic mass is 16.7. The summed E-state index contributed by atoms with van der Waals surface area (Å²) in [4.78, 5) is 0. The number of hydrogen-bond donors (Lipinski definition) is 5. The first-order valence-corrected chi connectivity index (χ1v) is 3.52. The second-order valence-corrected chi connectivity index (χ2v) is 2.82. The van der Waals surface area contributed by atoms with Gasteiger partial charge in [0.1, 0.15) is 18.3 Å². The van der Waals surface area contributed by atoms with Crippen LogP contribution in [0.2, 0.25) is 0 Å². The SMILES string of the molecule is OCC1(O)OC[C@H](O)C(O)C1O. The molecule has 6 nitrogen and oxygen atoms in total. The Morgan fingerprint density at radius 3 is 2.42 bits per heavy atom. The zero-order valence-electron chi connectivity index (χ0n) is 6.29. The lowest BCUT2D eigenvalue weighted by Gasteiger charge is -2.40. The molecule has 5 N–H and O–H groups in total. The largest absolute Gasteiger partial charge is 0.391 e. The third-order valence-electron chi connectivity index (χ3n) is 1.91. The molecule has 1 heterocycles. The lowest BCUT2D eigenvalue weighted by atomic mass is 9.98. The average molecular weight is 180 g/mol. The van der Waals surface area contributed by atoms with E-state index < -0.39 is 30.7 Å². The third kappa shape index (κ3) is 1.45. The molecule has 6 heteroatoms. The van der Waals surface area contributed by atoms with Gasteiger partial charge in [-0.1, -0.05) is 0 Å². The van der Waals surface area contributed by atoms with Gasteiger partial charge in [0.15, 0.2) is 0 Å². The Morgan fingerprint density at radius 2 is 1.92 bits per heavy atom. The number of ether oxygens (including phenoxy) is 1. The van der Waals surface area contributed by atoms with Crippen molar-refractivity contribution in [3.05, 3.63) is 0 Å². The number of hydrogen-bond acceptors (Lipinski definition) is 6. The lowest BCUT2D eigenvalue weighted by molar-refractivity contribution is -0.331. The Hall–Kier alpha value is -0.240. The summed E-state index contributed by atoms with van der Waals surface area (Å²) in [6, 6.07) is 0. The minimum absolute atomic E-state index is 0.324. The minimum Gasteiger partial charge on any atom is -0.391 e. The number of aliphatic hydroxyl groups excluding tert-OH is 4. The van der Waals surface area contributed by atoms with Gasteiger partial charge in [0.25, 0.3) is 0 Å². The normalized spacial score (nSPS) is 49.2. The van der Waals surface area contributed by atoms with Crippen LogP contribution in [0.3, 0.4) is 0 Å². The van der Waals surface area contributed by atoms with Crippen LogP contribution >= 0.6 is 0 Å². The summed E-state index contributed by atoms with van der Waals surface area (Å²) >= 11 is 0. The second kappa shape index (κ2) is 3.25. The van der Waals surface area contributed by atoms with Gasteiger partial charge in [-0.2, -0.15) is 0 Å². The Morgan fingerprint density at radius 1 is 1.33 bits per heavy atom. The maximum atomic E-state index is 9.24. The van der Waals surface area contributed by atoms with Crippen LogP contribution in [0.25, 0.3) is 0 Å². The summed E-state index contributed by atoms with van der Waals surface area (Å²) in [5.41, 5.74) is 0. The highest BCUT2D eigenvalue weighted by Gasteiger charge is 2.47. The van der Waals surface area contributed by atoms with Gasteiger partial charge < -0.3 is 30.3 Å². The molecule has 12 heavy (non-hydrogen) atoms. The quantitative estimate of drug-likeness (QED) is 0.290. The van der Waals surface area contributed by atoms with Crippen LogP contribution in [0, 0.1) is 0 Å². The summed E-state index contributed by atoms with van der Waals surface area (Å²) in [7, 11) is 0. The molecule has 3 unspecified atom stereocenters. The first-order valence-electron chi connectivity index (χ1n) is 3.52. The van der Waals surface area contributed by atoms with Gasteiger partial charge in [0.05, 0.1) is 13.2 Å². The van der Waals surface area contributed by atoms with Crippen LogP contribution in [-0.4, -0.2) is 62.8 Å². The van der Waals surface area contributed by atoms with Crippen molar-refractivity contribution < 1.29 is 30.3 Å². The van der Waals surface area contributed by atoms with Gasteiger partial charge in [0.2, 0.25) is 5.79 Å². The van der Waals surface area contributed by atoms with Crippen molar-refractivity contribution in [2.24, 2.45) is 0 Å². The smallest absolute Gasteiger partial charge is 0.218 e. The highest BCUT2D eigenvalue weighted by molar-refractivity contribution is 4.90. The van der Waals surface area contributed by atoms with Gasteiger partial charge in [-0.05, 0) is 0 Å². The van der Waals surface area contributed by atoms with Crippen LogP contribution in [0.4, 0.5) is 0 Å². The molecule has 4 atom stereocenters. The van der Waals surface area contributed by atoms with Crippen LogP contribution < -0.4 is 0 Å². The Kier molecular flexibility index (Phi) is 2.67. The predicted molar refractivity (Wildman–Crippen MR) is 36.0 cm³/mol. The van der Waals surface area contributed by atoms with Crippen molar-refractivity contribution in [2.45, 2.75) is 24.1 Å². The topological polar surface area (TPSA) is 110 Å². The molecule has 0 radical (unpaired) electrons. The molecule has 0 amide bonds. The first-order chi connectivity index (χ1) is 5.51. The fraction of sp³-hybridized carbons (Fsp3) is 1.00. The molecule has 1 rings (SSSR count). The molecule has 0 saturated carbocycles. The standard InChI is InChI=1S/C6H12O6/c7-2-6(11)5(10)4(9)3(8)1-12-6/h3-5,7-11H,1-2H2/t3-,4?,5?,6?/m0/s1. The van der Waals surface area contributed by atoms with Crippen LogP contribution in [0.15, 0.2) is 0 Å². The Balaban J connectivity index is 2.71. The van der Waals surface area contributed by atoms with E-state index in [1.54, 1.807) is 0 Å². The van der Waals surface area contributed by atoms with Crippen LogP contribution in [0.1, 0.15) is 0 Å². The molecule has 0 aromatic rings. The van der Waals surface area contributed by atoms with E-state index in [-0.39, 0.29) is 6.61 Å². The summed E-state index contributed by atoms with van der Waals surface area (Å²) in [6.07, 6.45) is -4.45. The van der Waals surface area contributed by atoms with E-state index in [0.717, 1.165) is 0 Å². The number of rotatable bonds is 1.